The van der Waals surface area contributed by atoms with E-state index in [0.717, 1.165) is 12.8 Å². The maximum Gasteiger partial charge on any atom is 0.224 e. The van der Waals surface area contributed by atoms with E-state index in [1.54, 1.807) is 11.9 Å². The lowest BCUT2D eigenvalue weighted by Gasteiger charge is -2.22. The van der Waals surface area contributed by atoms with E-state index in [-0.39, 0.29) is 5.91 Å². The zero-order chi connectivity index (χ0) is 12.5. The normalized spacial score (nSPS) is 16.5. The topological polar surface area (TPSA) is 53.3 Å². The smallest absolute Gasteiger partial charge is 0.224 e. The number of rotatable bonds is 6. The van der Waals surface area contributed by atoms with Gasteiger partial charge in [0.25, 0.3) is 0 Å². The Balaban J connectivity index is 2.08. The number of nitriles is 1. The zero-order valence-electron chi connectivity index (χ0n) is 10.7. The van der Waals surface area contributed by atoms with Crippen molar-refractivity contribution in [2.24, 2.45) is 0 Å². The molecule has 17 heavy (non-hydrogen) atoms. The predicted molar refractivity (Wildman–Crippen MR) is 65.3 cm³/mol. The Bertz CT molecular complexity index is 267. The Hall–Kier alpha value is -1.08. The number of nitrogens with zero attached hydrogens (tertiary/aromatic N) is 2. The second kappa shape index (κ2) is 8.08. The number of carbonyl (C=O) groups excluding carboxylic acids is 1. The molecule has 0 saturated heterocycles. The Morgan fingerprint density at radius 1 is 1.41 bits per heavy atom. The number of hydrogen-bond donors (Lipinski definition) is 0. The standard InChI is InChI=1S/C13H22N2O2/c1-15(10-5-9-14)13(16)8-11-17-12-6-3-2-4-7-12/h12H,2-8,10-11H2,1H3. The van der Waals surface area contributed by atoms with Crippen molar-refractivity contribution in [2.75, 3.05) is 20.2 Å². The van der Waals surface area contributed by atoms with Crippen LogP contribution in [0.3, 0.4) is 0 Å². The Labute approximate surface area is 104 Å². The van der Waals surface area contributed by atoms with Crippen LogP contribution >= 0.6 is 0 Å². The van der Waals surface area contributed by atoms with E-state index in [4.69, 9.17) is 10.00 Å². The molecule has 96 valence electrons. The van der Waals surface area contributed by atoms with Crippen molar-refractivity contribution in [3.63, 3.8) is 0 Å². The van der Waals surface area contributed by atoms with Crippen LogP contribution in [0.15, 0.2) is 0 Å². The molecule has 1 saturated carbocycles. The van der Waals surface area contributed by atoms with Gasteiger partial charge in [-0.1, -0.05) is 19.3 Å². The van der Waals surface area contributed by atoms with Gasteiger partial charge in [-0.25, -0.2) is 0 Å². The molecule has 0 aromatic heterocycles. The minimum absolute atomic E-state index is 0.0658. The Morgan fingerprint density at radius 2 is 2.12 bits per heavy atom. The maximum atomic E-state index is 11.6. The quantitative estimate of drug-likeness (QED) is 0.712. The summed E-state index contributed by atoms with van der Waals surface area (Å²) in [4.78, 5) is 13.2. The summed E-state index contributed by atoms with van der Waals surface area (Å²) in [6, 6.07) is 2.04. The molecule has 0 aromatic rings. The molecule has 1 rings (SSSR count). The van der Waals surface area contributed by atoms with Crippen LogP contribution in [-0.2, 0) is 9.53 Å². The van der Waals surface area contributed by atoms with Gasteiger partial charge in [-0.15, -0.1) is 0 Å². The minimum atomic E-state index is 0.0658. The molecule has 0 bridgehead atoms. The summed E-state index contributed by atoms with van der Waals surface area (Å²) >= 11 is 0. The molecule has 1 aliphatic rings. The third kappa shape index (κ3) is 5.69. The molecule has 0 aliphatic heterocycles. The van der Waals surface area contributed by atoms with Crippen LogP contribution in [-0.4, -0.2) is 37.1 Å². The summed E-state index contributed by atoms with van der Waals surface area (Å²) in [6.45, 7) is 1.03. The number of hydrogen-bond acceptors (Lipinski definition) is 3. The zero-order valence-corrected chi connectivity index (χ0v) is 10.7. The molecule has 0 atom stereocenters. The highest BCUT2D eigenvalue weighted by molar-refractivity contribution is 5.75. The highest BCUT2D eigenvalue weighted by atomic mass is 16.5. The lowest BCUT2D eigenvalue weighted by Crippen LogP contribution is -2.29. The van der Waals surface area contributed by atoms with E-state index in [1.807, 2.05) is 6.07 Å². The first-order chi connectivity index (χ1) is 8.24. The third-order valence-electron chi connectivity index (χ3n) is 3.21. The molecule has 0 spiro atoms. The summed E-state index contributed by atoms with van der Waals surface area (Å²) in [5, 5.41) is 8.43. The molecule has 4 nitrogen and oxygen atoms in total. The number of amides is 1. The summed E-state index contributed by atoms with van der Waals surface area (Å²) in [7, 11) is 1.74. The van der Waals surface area contributed by atoms with Gasteiger partial charge in [-0.3, -0.25) is 4.79 Å². The first-order valence-corrected chi connectivity index (χ1v) is 6.46. The third-order valence-corrected chi connectivity index (χ3v) is 3.21. The van der Waals surface area contributed by atoms with Gasteiger partial charge in [0, 0.05) is 13.6 Å². The fourth-order valence-corrected chi connectivity index (χ4v) is 2.08. The summed E-state index contributed by atoms with van der Waals surface area (Å²) < 4.78 is 5.70. The van der Waals surface area contributed by atoms with Crippen LogP contribution in [0, 0.1) is 11.3 Å². The molecule has 1 fully saturated rings. The van der Waals surface area contributed by atoms with Crippen molar-refractivity contribution in [3.8, 4) is 6.07 Å². The molecule has 0 N–H and O–H groups in total. The van der Waals surface area contributed by atoms with E-state index in [1.165, 1.54) is 19.3 Å². The van der Waals surface area contributed by atoms with Crippen LogP contribution in [0.2, 0.25) is 0 Å². The molecule has 0 heterocycles. The van der Waals surface area contributed by atoms with E-state index in [2.05, 4.69) is 0 Å². The van der Waals surface area contributed by atoms with Crippen LogP contribution < -0.4 is 0 Å². The number of ether oxygens (including phenoxy) is 1. The van der Waals surface area contributed by atoms with Gasteiger partial charge in [0.15, 0.2) is 0 Å². The van der Waals surface area contributed by atoms with Crippen molar-refractivity contribution in [1.82, 2.24) is 4.90 Å². The lowest BCUT2D eigenvalue weighted by molar-refractivity contribution is -0.131. The van der Waals surface area contributed by atoms with Gasteiger partial charge >= 0.3 is 0 Å². The maximum absolute atomic E-state index is 11.6. The highest BCUT2D eigenvalue weighted by Crippen LogP contribution is 2.20. The van der Waals surface area contributed by atoms with Gasteiger partial charge in [0.2, 0.25) is 5.91 Å². The van der Waals surface area contributed by atoms with Crippen LogP contribution in [0.1, 0.15) is 44.9 Å². The lowest BCUT2D eigenvalue weighted by atomic mass is 9.98. The van der Waals surface area contributed by atoms with Crippen molar-refractivity contribution in [1.29, 1.82) is 5.26 Å². The SMILES string of the molecule is CN(CCC#N)C(=O)CCOC1CCCCC1. The largest absolute Gasteiger partial charge is 0.378 e. The van der Waals surface area contributed by atoms with Gasteiger partial charge in [-0.05, 0) is 12.8 Å². The molecule has 4 heteroatoms. The second-order valence-electron chi connectivity index (χ2n) is 4.60. The van der Waals surface area contributed by atoms with E-state index in [0.29, 0.717) is 32.1 Å². The van der Waals surface area contributed by atoms with E-state index in [9.17, 15) is 4.79 Å². The Kier molecular flexibility index (Phi) is 6.64. The fourth-order valence-electron chi connectivity index (χ4n) is 2.08. The first kappa shape index (κ1) is 14.0. The monoisotopic (exact) mass is 238 g/mol. The molecular weight excluding hydrogens is 216 g/mol. The van der Waals surface area contributed by atoms with Crippen molar-refractivity contribution >= 4 is 5.91 Å². The molecule has 0 radical (unpaired) electrons. The first-order valence-electron chi connectivity index (χ1n) is 6.46. The van der Waals surface area contributed by atoms with Gasteiger partial charge in [0.1, 0.15) is 0 Å². The Morgan fingerprint density at radius 3 is 2.76 bits per heavy atom. The summed E-state index contributed by atoms with van der Waals surface area (Å²) in [5.74, 6) is 0.0658. The number of carbonyl (C=O) groups is 1. The molecule has 1 amide bonds. The molecule has 0 unspecified atom stereocenters. The van der Waals surface area contributed by atoms with Crippen LogP contribution in [0.25, 0.3) is 0 Å². The van der Waals surface area contributed by atoms with Gasteiger partial charge < -0.3 is 9.64 Å². The molecular formula is C13H22N2O2. The summed E-state index contributed by atoms with van der Waals surface area (Å²) in [6.07, 6.45) is 7.28. The average molecular weight is 238 g/mol. The summed E-state index contributed by atoms with van der Waals surface area (Å²) in [5.41, 5.74) is 0. The van der Waals surface area contributed by atoms with Gasteiger partial charge in [0.05, 0.1) is 31.6 Å². The predicted octanol–water partition coefficient (Wildman–Crippen LogP) is 2.10. The molecule has 0 aromatic carbocycles. The van der Waals surface area contributed by atoms with Crippen LogP contribution in [0.5, 0.6) is 0 Å². The van der Waals surface area contributed by atoms with Crippen molar-refractivity contribution in [3.05, 3.63) is 0 Å². The minimum Gasteiger partial charge on any atom is -0.378 e. The van der Waals surface area contributed by atoms with E-state index < -0.39 is 0 Å². The van der Waals surface area contributed by atoms with Crippen molar-refractivity contribution in [2.45, 2.75) is 51.0 Å². The average Bonchev–Trinajstić information content (AvgIpc) is 2.37. The van der Waals surface area contributed by atoms with Gasteiger partial charge in [-0.2, -0.15) is 5.26 Å². The van der Waals surface area contributed by atoms with Crippen LogP contribution in [0.4, 0.5) is 0 Å². The van der Waals surface area contributed by atoms with E-state index >= 15 is 0 Å². The van der Waals surface area contributed by atoms with Crippen molar-refractivity contribution < 1.29 is 9.53 Å². The fraction of sp³-hybridized carbons (Fsp3) is 0.846. The second-order valence-corrected chi connectivity index (χ2v) is 4.60. The molecule has 1 aliphatic carbocycles. The highest BCUT2D eigenvalue weighted by Gasteiger charge is 2.14.